The molecule has 5 fully saturated rings. The average Bonchev–Trinajstić information content (AvgIpc) is 2.74. The van der Waals surface area contributed by atoms with Crippen LogP contribution in [0.1, 0.15) is 59.3 Å². The van der Waals surface area contributed by atoms with E-state index in [1.54, 1.807) is 0 Å². The zero-order valence-electron chi connectivity index (χ0n) is 12.7. The fourth-order valence-electron chi connectivity index (χ4n) is 5.45. The fourth-order valence-corrected chi connectivity index (χ4v) is 5.45. The Morgan fingerprint density at radius 2 is 1.70 bits per heavy atom. The highest BCUT2D eigenvalue weighted by Gasteiger charge is 2.66. The highest BCUT2D eigenvalue weighted by atomic mass is 16.6. The van der Waals surface area contributed by atoms with Gasteiger partial charge in [-0.1, -0.05) is 0 Å². The van der Waals surface area contributed by atoms with Crippen molar-refractivity contribution in [3.05, 3.63) is 0 Å². The first-order valence-electron chi connectivity index (χ1n) is 7.91. The molecule has 1 saturated heterocycles. The molecule has 0 amide bonds. The van der Waals surface area contributed by atoms with E-state index < -0.39 is 11.1 Å². The van der Waals surface area contributed by atoms with Crippen molar-refractivity contribution >= 4 is 5.97 Å². The van der Waals surface area contributed by atoms with Gasteiger partial charge in [-0.15, -0.1) is 0 Å². The Morgan fingerprint density at radius 1 is 1.15 bits per heavy atom. The zero-order chi connectivity index (χ0) is 14.4. The van der Waals surface area contributed by atoms with Crippen LogP contribution in [-0.4, -0.2) is 33.4 Å². The molecule has 1 aliphatic heterocycles. The van der Waals surface area contributed by atoms with E-state index in [-0.39, 0.29) is 17.1 Å². The van der Waals surface area contributed by atoms with Crippen molar-refractivity contribution in [3.8, 4) is 0 Å². The SMILES string of the molecule is CC1(C)NC1(C)C(=O)OC12CC3CC(CC(O)(C3)C1)C2. The quantitative estimate of drug-likeness (QED) is 0.597. The van der Waals surface area contributed by atoms with E-state index in [0.29, 0.717) is 18.3 Å². The van der Waals surface area contributed by atoms with Crippen LogP contribution in [0.4, 0.5) is 0 Å². The van der Waals surface area contributed by atoms with Crippen LogP contribution >= 0.6 is 0 Å². The second-order valence-electron chi connectivity index (χ2n) is 8.63. The van der Waals surface area contributed by atoms with E-state index in [1.807, 2.05) is 20.8 Å². The van der Waals surface area contributed by atoms with E-state index in [2.05, 4.69) is 5.32 Å². The minimum atomic E-state index is -0.572. The summed E-state index contributed by atoms with van der Waals surface area (Å²) in [5.41, 5.74) is -1.70. The fraction of sp³-hybridized carbons (Fsp3) is 0.938. The molecule has 4 heteroatoms. The molecule has 0 aromatic rings. The second-order valence-corrected chi connectivity index (χ2v) is 8.63. The maximum Gasteiger partial charge on any atom is 0.328 e. The Kier molecular flexibility index (Phi) is 2.23. The standard InChI is InChI=1S/C16H25NO3/c1-13(2)14(3,17-13)12(18)20-16-7-10-4-11(8-16)6-15(19,5-10)9-16/h10-11,17,19H,4-9H2,1-3H3. The van der Waals surface area contributed by atoms with Crippen LogP contribution in [0.15, 0.2) is 0 Å². The molecule has 3 unspecified atom stereocenters. The number of hydrogen-bond acceptors (Lipinski definition) is 4. The molecule has 0 spiro atoms. The molecule has 4 nitrogen and oxygen atoms in total. The number of rotatable bonds is 2. The molecule has 0 radical (unpaired) electrons. The first-order valence-corrected chi connectivity index (χ1v) is 7.91. The molecule has 5 rings (SSSR count). The van der Waals surface area contributed by atoms with Crippen LogP contribution < -0.4 is 5.32 Å². The molecule has 20 heavy (non-hydrogen) atoms. The van der Waals surface area contributed by atoms with E-state index in [4.69, 9.17) is 4.74 Å². The number of carbonyl (C=O) groups is 1. The van der Waals surface area contributed by atoms with Gasteiger partial charge in [-0.2, -0.15) is 0 Å². The van der Waals surface area contributed by atoms with Gasteiger partial charge in [0.2, 0.25) is 0 Å². The molecule has 0 aromatic carbocycles. The maximum absolute atomic E-state index is 12.6. The number of aliphatic hydroxyl groups is 1. The van der Waals surface area contributed by atoms with Crippen LogP contribution in [0.3, 0.4) is 0 Å². The van der Waals surface area contributed by atoms with Gasteiger partial charge in [-0.3, -0.25) is 5.32 Å². The van der Waals surface area contributed by atoms with Crippen molar-refractivity contribution in [3.63, 3.8) is 0 Å². The van der Waals surface area contributed by atoms with Gasteiger partial charge in [0.05, 0.1) is 5.60 Å². The molecule has 0 aromatic heterocycles. The third kappa shape index (κ3) is 1.64. The third-order valence-corrected chi connectivity index (χ3v) is 6.44. The van der Waals surface area contributed by atoms with Gasteiger partial charge in [0.1, 0.15) is 11.1 Å². The van der Waals surface area contributed by atoms with Crippen LogP contribution in [0.2, 0.25) is 0 Å². The van der Waals surface area contributed by atoms with E-state index in [9.17, 15) is 9.90 Å². The lowest BCUT2D eigenvalue weighted by atomic mass is 9.52. The van der Waals surface area contributed by atoms with Crippen molar-refractivity contribution in [2.45, 2.75) is 81.6 Å². The van der Waals surface area contributed by atoms with Crippen molar-refractivity contribution in [2.75, 3.05) is 0 Å². The lowest BCUT2D eigenvalue weighted by Crippen LogP contribution is -2.61. The highest BCUT2D eigenvalue weighted by Crippen LogP contribution is 2.59. The van der Waals surface area contributed by atoms with E-state index in [1.165, 1.54) is 6.42 Å². The average molecular weight is 279 g/mol. The van der Waals surface area contributed by atoms with E-state index >= 15 is 0 Å². The van der Waals surface area contributed by atoms with E-state index in [0.717, 1.165) is 25.7 Å². The molecule has 112 valence electrons. The molecular weight excluding hydrogens is 254 g/mol. The summed E-state index contributed by atoms with van der Waals surface area (Å²) in [5.74, 6) is 0.956. The predicted octanol–water partition coefficient (Wildman–Crippen LogP) is 1.75. The van der Waals surface area contributed by atoms with Gasteiger partial charge in [-0.25, -0.2) is 4.79 Å². The Bertz CT molecular complexity index is 472. The molecule has 4 aliphatic carbocycles. The molecule has 4 bridgehead atoms. The zero-order valence-corrected chi connectivity index (χ0v) is 12.7. The summed E-state index contributed by atoms with van der Waals surface area (Å²) in [7, 11) is 0. The number of nitrogens with one attached hydrogen (secondary N) is 1. The number of esters is 1. The van der Waals surface area contributed by atoms with Crippen molar-refractivity contribution in [1.29, 1.82) is 0 Å². The summed E-state index contributed by atoms with van der Waals surface area (Å²) >= 11 is 0. The van der Waals surface area contributed by atoms with Gasteiger partial charge in [0.25, 0.3) is 0 Å². The van der Waals surface area contributed by atoms with Gasteiger partial charge in [0.15, 0.2) is 0 Å². The Labute approximate surface area is 120 Å². The van der Waals surface area contributed by atoms with Gasteiger partial charge >= 0.3 is 5.97 Å². The van der Waals surface area contributed by atoms with Crippen LogP contribution in [0.25, 0.3) is 0 Å². The number of ether oxygens (including phenoxy) is 1. The first kappa shape index (κ1) is 13.1. The van der Waals surface area contributed by atoms with Gasteiger partial charge in [0, 0.05) is 12.0 Å². The summed E-state index contributed by atoms with van der Waals surface area (Å²) in [4.78, 5) is 12.6. The van der Waals surface area contributed by atoms with Crippen molar-refractivity contribution in [2.24, 2.45) is 11.8 Å². The minimum absolute atomic E-state index is 0.131. The van der Waals surface area contributed by atoms with Gasteiger partial charge < -0.3 is 9.84 Å². The number of hydrogen-bond donors (Lipinski definition) is 2. The smallest absolute Gasteiger partial charge is 0.328 e. The molecule has 2 N–H and O–H groups in total. The number of carbonyl (C=O) groups excluding carboxylic acids is 1. The first-order chi connectivity index (χ1) is 9.16. The highest BCUT2D eigenvalue weighted by molar-refractivity contribution is 5.87. The third-order valence-electron chi connectivity index (χ3n) is 6.44. The Hall–Kier alpha value is -0.610. The summed E-state index contributed by atoms with van der Waals surface area (Å²) in [5, 5.41) is 13.9. The van der Waals surface area contributed by atoms with Crippen molar-refractivity contribution < 1.29 is 14.6 Å². The summed E-state index contributed by atoms with van der Waals surface area (Å²) in [6.07, 6.45) is 5.58. The topological polar surface area (TPSA) is 68.5 Å². The molecule has 4 saturated carbocycles. The van der Waals surface area contributed by atoms with Crippen LogP contribution in [0.5, 0.6) is 0 Å². The minimum Gasteiger partial charge on any atom is -0.458 e. The van der Waals surface area contributed by atoms with Crippen molar-refractivity contribution in [1.82, 2.24) is 5.32 Å². The summed E-state index contributed by atoms with van der Waals surface area (Å²) in [6.45, 7) is 5.98. The lowest BCUT2D eigenvalue weighted by Gasteiger charge is -2.59. The summed E-state index contributed by atoms with van der Waals surface area (Å²) in [6, 6.07) is 0. The van der Waals surface area contributed by atoms with Crippen LogP contribution in [-0.2, 0) is 9.53 Å². The molecule has 1 heterocycles. The monoisotopic (exact) mass is 279 g/mol. The molecular formula is C16H25NO3. The summed E-state index contributed by atoms with van der Waals surface area (Å²) < 4.78 is 6.02. The lowest BCUT2D eigenvalue weighted by molar-refractivity contribution is -0.221. The Morgan fingerprint density at radius 3 is 2.15 bits per heavy atom. The van der Waals surface area contributed by atoms with Crippen LogP contribution in [0, 0.1) is 11.8 Å². The molecule has 3 atom stereocenters. The largest absolute Gasteiger partial charge is 0.458 e. The second kappa shape index (κ2) is 3.41. The Balaban J connectivity index is 1.56. The van der Waals surface area contributed by atoms with Gasteiger partial charge in [-0.05, 0) is 64.7 Å². The predicted molar refractivity (Wildman–Crippen MR) is 74.1 cm³/mol. The normalized spacial score (nSPS) is 54.8. The maximum atomic E-state index is 12.6. The molecule has 5 aliphatic rings.